The van der Waals surface area contributed by atoms with Crippen molar-refractivity contribution in [1.82, 2.24) is 9.13 Å². The lowest BCUT2D eigenvalue weighted by molar-refractivity contribution is -0.0608. The van der Waals surface area contributed by atoms with E-state index >= 15 is 0 Å². The highest BCUT2D eigenvalue weighted by Gasteiger charge is 2.51. The Morgan fingerprint density at radius 1 is 0.707 bits per heavy atom. The first kappa shape index (κ1) is 27.4. The summed E-state index contributed by atoms with van der Waals surface area (Å²) in [7, 11) is 0. The molecular formula is C30H24N2O9. The van der Waals surface area contributed by atoms with E-state index in [9.17, 15) is 29.1 Å². The molecule has 0 aliphatic carbocycles. The highest BCUT2D eigenvalue weighted by atomic mass is 16.6. The largest absolute Gasteiger partial charge is 0.452 e. The van der Waals surface area contributed by atoms with Crippen molar-refractivity contribution in [3.8, 4) is 0 Å². The Balaban J connectivity index is 1.56. The molecular weight excluding hydrogens is 532 g/mol. The number of aliphatic hydroxyl groups excluding tert-OH is 1. The van der Waals surface area contributed by atoms with E-state index in [1.165, 1.54) is 36.4 Å². The van der Waals surface area contributed by atoms with Gasteiger partial charge in [-0.15, -0.1) is 0 Å². The van der Waals surface area contributed by atoms with Gasteiger partial charge in [0, 0.05) is 17.8 Å². The Morgan fingerprint density at radius 3 is 1.71 bits per heavy atom. The predicted molar refractivity (Wildman–Crippen MR) is 143 cm³/mol. The van der Waals surface area contributed by atoms with Crippen LogP contribution < -0.4 is 11.2 Å². The molecule has 4 aromatic rings. The van der Waals surface area contributed by atoms with Crippen molar-refractivity contribution in [1.29, 1.82) is 0 Å². The summed E-state index contributed by atoms with van der Waals surface area (Å²) in [4.78, 5) is 65.4. The first-order valence-electron chi connectivity index (χ1n) is 12.6. The number of esters is 2. The van der Waals surface area contributed by atoms with Gasteiger partial charge in [-0.05, 0) is 36.4 Å². The first-order chi connectivity index (χ1) is 19.9. The fraction of sp³-hybridized carbons (Fsp3) is 0.167. The van der Waals surface area contributed by atoms with E-state index in [0.717, 1.165) is 16.8 Å². The summed E-state index contributed by atoms with van der Waals surface area (Å²) in [5.41, 5.74) is -1.51. The van der Waals surface area contributed by atoms with E-state index in [-0.39, 0.29) is 16.7 Å². The van der Waals surface area contributed by atoms with Gasteiger partial charge in [0.15, 0.2) is 18.4 Å². The zero-order valence-corrected chi connectivity index (χ0v) is 21.4. The van der Waals surface area contributed by atoms with Crippen molar-refractivity contribution in [2.45, 2.75) is 24.5 Å². The van der Waals surface area contributed by atoms with E-state index in [1.54, 1.807) is 54.6 Å². The maximum atomic E-state index is 13.6. The van der Waals surface area contributed by atoms with Crippen LogP contribution in [0.25, 0.3) is 0 Å². The second kappa shape index (κ2) is 11.9. The molecule has 0 radical (unpaired) electrons. The van der Waals surface area contributed by atoms with Crippen LogP contribution in [0, 0.1) is 0 Å². The van der Waals surface area contributed by atoms with Crippen molar-refractivity contribution in [3.05, 3.63) is 141 Å². The smallest absolute Gasteiger partial charge is 0.340 e. The van der Waals surface area contributed by atoms with Crippen molar-refractivity contribution in [2.24, 2.45) is 0 Å². The molecule has 208 valence electrons. The molecule has 4 atom stereocenters. The lowest BCUT2D eigenvalue weighted by Gasteiger charge is -2.25. The summed E-state index contributed by atoms with van der Waals surface area (Å²) >= 11 is 0. The number of ether oxygens (including phenoxy) is 3. The molecule has 3 aromatic carbocycles. The Labute approximate surface area is 232 Å². The SMILES string of the molecule is O=C(O[C@@H]1[C@H](OC(=O)c2ccccc2)[C@@H](CO)O[C@H]1n1ccc(=O)n(C(=O)c2ccccc2)c1=O)c1ccccc1. The van der Waals surface area contributed by atoms with Gasteiger partial charge in [0.1, 0.15) is 6.10 Å². The van der Waals surface area contributed by atoms with Crippen LogP contribution in [-0.4, -0.2) is 57.0 Å². The number of carbonyl (C=O) groups excluding carboxylic acids is 3. The normalized spacial score (nSPS) is 19.8. The summed E-state index contributed by atoms with van der Waals surface area (Å²) in [6.07, 6.45) is -4.43. The van der Waals surface area contributed by atoms with Crippen LogP contribution in [0.2, 0.25) is 0 Å². The molecule has 2 heterocycles. The summed E-state index contributed by atoms with van der Waals surface area (Å²) in [5, 5.41) is 10.1. The summed E-state index contributed by atoms with van der Waals surface area (Å²) in [6, 6.07) is 24.7. The molecule has 0 saturated carbocycles. The van der Waals surface area contributed by atoms with Crippen LogP contribution >= 0.6 is 0 Å². The van der Waals surface area contributed by atoms with Gasteiger partial charge >= 0.3 is 17.6 Å². The Bertz CT molecular complexity index is 1670. The minimum absolute atomic E-state index is 0.0896. The van der Waals surface area contributed by atoms with Crippen molar-refractivity contribution >= 4 is 17.8 Å². The summed E-state index contributed by atoms with van der Waals surface area (Å²) < 4.78 is 18.6. The Morgan fingerprint density at radius 2 is 1.20 bits per heavy atom. The lowest BCUT2D eigenvalue weighted by atomic mass is 10.1. The zero-order chi connectivity index (χ0) is 28.9. The van der Waals surface area contributed by atoms with Crippen LogP contribution in [0.1, 0.15) is 37.3 Å². The second-order valence-corrected chi connectivity index (χ2v) is 9.07. The molecule has 0 amide bonds. The molecule has 11 heteroatoms. The van der Waals surface area contributed by atoms with E-state index < -0.39 is 60.2 Å². The van der Waals surface area contributed by atoms with Gasteiger partial charge in [-0.3, -0.25) is 14.2 Å². The van der Waals surface area contributed by atoms with E-state index in [1.807, 2.05) is 0 Å². The molecule has 1 aliphatic heterocycles. The third-order valence-corrected chi connectivity index (χ3v) is 6.48. The van der Waals surface area contributed by atoms with Crippen LogP contribution in [0.15, 0.2) is 113 Å². The first-order valence-corrected chi connectivity index (χ1v) is 12.6. The molecule has 1 fully saturated rings. The predicted octanol–water partition coefficient (Wildman–Crippen LogP) is 2.04. The highest BCUT2D eigenvalue weighted by Crippen LogP contribution is 2.34. The van der Waals surface area contributed by atoms with Crippen LogP contribution in [0.5, 0.6) is 0 Å². The van der Waals surface area contributed by atoms with Crippen molar-refractivity contribution < 1.29 is 33.7 Å². The monoisotopic (exact) mass is 556 g/mol. The number of nitrogens with zero attached hydrogens (tertiary/aromatic N) is 2. The molecule has 0 unspecified atom stereocenters. The zero-order valence-electron chi connectivity index (χ0n) is 21.4. The number of aliphatic hydroxyl groups is 1. The molecule has 11 nitrogen and oxygen atoms in total. The molecule has 1 N–H and O–H groups in total. The van der Waals surface area contributed by atoms with Crippen molar-refractivity contribution in [3.63, 3.8) is 0 Å². The summed E-state index contributed by atoms with van der Waals surface area (Å²) in [6.45, 7) is -0.667. The van der Waals surface area contributed by atoms with Gasteiger partial charge in [0.05, 0.1) is 17.7 Å². The molecule has 0 spiro atoms. The van der Waals surface area contributed by atoms with Gasteiger partial charge in [0.25, 0.3) is 11.5 Å². The van der Waals surface area contributed by atoms with Crippen molar-refractivity contribution in [2.75, 3.05) is 6.61 Å². The number of rotatable bonds is 7. The van der Waals surface area contributed by atoms with E-state index in [2.05, 4.69) is 0 Å². The fourth-order valence-electron chi connectivity index (χ4n) is 4.46. The van der Waals surface area contributed by atoms with Crippen LogP contribution in [0.4, 0.5) is 0 Å². The topological polar surface area (TPSA) is 143 Å². The number of hydrogen-bond donors (Lipinski definition) is 1. The third kappa shape index (κ3) is 5.62. The highest BCUT2D eigenvalue weighted by molar-refractivity contribution is 5.95. The van der Waals surface area contributed by atoms with Crippen LogP contribution in [0.3, 0.4) is 0 Å². The number of carbonyl (C=O) groups is 3. The Hall–Kier alpha value is -5.13. The number of hydrogen-bond acceptors (Lipinski definition) is 9. The van der Waals surface area contributed by atoms with Gasteiger partial charge in [-0.1, -0.05) is 54.6 Å². The maximum absolute atomic E-state index is 13.6. The number of benzene rings is 3. The van der Waals surface area contributed by atoms with Crippen LogP contribution in [-0.2, 0) is 14.2 Å². The average molecular weight is 557 g/mol. The molecule has 1 aromatic heterocycles. The number of aromatic nitrogens is 2. The van der Waals surface area contributed by atoms with Gasteiger partial charge < -0.3 is 19.3 Å². The fourth-order valence-corrected chi connectivity index (χ4v) is 4.46. The average Bonchev–Trinajstić information content (AvgIpc) is 3.34. The van der Waals surface area contributed by atoms with E-state index in [0.29, 0.717) is 4.57 Å². The molecule has 5 rings (SSSR count). The standard InChI is InChI=1S/C30H24N2O9/c33-18-22-24(40-28(36)20-12-6-2-7-13-20)25(41-29(37)21-14-8-3-9-15-21)27(39-22)31-17-16-23(34)32(30(31)38)26(35)19-10-4-1-5-11-19/h1-17,22,24-25,27,33H,18H2/t22-,24-,25-,27-/m1/s1. The second-order valence-electron chi connectivity index (χ2n) is 9.07. The van der Waals surface area contributed by atoms with Gasteiger partial charge in [-0.25, -0.2) is 14.4 Å². The van der Waals surface area contributed by atoms with Gasteiger partial charge in [-0.2, -0.15) is 4.57 Å². The maximum Gasteiger partial charge on any atom is 0.340 e. The molecule has 1 aliphatic rings. The molecule has 0 bridgehead atoms. The molecule has 41 heavy (non-hydrogen) atoms. The summed E-state index contributed by atoms with van der Waals surface area (Å²) in [5.74, 6) is -2.47. The minimum atomic E-state index is -1.48. The third-order valence-electron chi connectivity index (χ3n) is 6.48. The van der Waals surface area contributed by atoms with E-state index in [4.69, 9.17) is 14.2 Å². The lowest BCUT2D eigenvalue weighted by Crippen LogP contribution is -2.47. The minimum Gasteiger partial charge on any atom is -0.452 e. The molecule has 1 saturated heterocycles. The van der Waals surface area contributed by atoms with Gasteiger partial charge in [0.2, 0.25) is 0 Å². The quantitative estimate of drug-likeness (QED) is 0.338. The Kier molecular flexibility index (Phi) is 7.99.